The Morgan fingerprint density at radius 2 is 1.96 bits per heavy atom. The molecule has 4 aromatic rings. The van der Waals surface area contributed by atoms with Crippen molar-refractivity contribution in [2.24, 2.45) is 0 Å². The van der Waals surface area contributed by atoms with E-state index in [2.05, 4.69) is 15.3 Å². The van der Waals surface area contributed by atoms with Crippen molar-refractivity contribution < 1.29 is 13.6 Å². The minimum absolute atomic E-state index is 0.183. The average molecular weight is 347 g/mol. The molecule has 0 aliphatic rings. The number of pyridine rings is 2. The van der Waals surface area contributed by atoms with E-state index in [0.717, 1.165) is 22.6 Å². The van der Waals surface area contributed by atoms with Gasteiger partial charge < -0.3 is 9.73 Å². The van der Waals surface area contributed by atoms with E-state index in [9.17, 15) is 9.18 Å². The number of para-hydroxylation sites is 1. The molecule has 6 heteroatoms. The molecule has 3 heterocycles. The monoisotopic (exact) mass is 347 g/mol. The molecule has 0 spiro atoms. The van der Waals surface area contributed by atoms with Gasteiger partial charge in [-0.05, 0) is 24.3 Å². The highest BCUT2D eigenvalue weighted by atomic mass is 19.1. The highest BCUT2D eigenvalue weighted by molar-refractivity contribution is 5.94. The van der Waals surface area contributed by atoms with Crippen molar-refractivity contribution in [1.29, 1.82) is 0 Å². The Balaban J connectivity index is 1.72. The molecule has 0 saturated heterocycles. The van der Waals surface area contributed by atoms with Crippen LogP contribution in [0, 0.1) is 5.95 Å². The summed E-state index contributed by atoms with van der Waals surface area (Å²) < 4.78 is 19.2. The number of nitrogens with zero attached hydrogens (tertiary/aromatic N) is 2. The fourth-order valence-electron chi connectivity index (χ4n) is 2.77. The van der Waals surface area contributed by atoms with Crippen LogP contribution in [-0.4, -0.2) is 15.9 Å². The summed E-state index contributed by atoms with van der Waals surface area (Å²) >= 11 is 0. The molecule has 0 fully saturated rings. The normalized spacial score (nSPS) is 12.0. The molecule has 0 saturated carbocycles. The van der Waals surface area contributed by atoms with Crippen molar-refractivity contribution in [1.82, 2.24) is 15.3 Å². The number of carbonyl (C=O) groups excluding carboxylic acids is 1. The van der Waals surface area contributed by atoms with Crippen molar-refractivity contribution in [3.8, 4) is 0 Å². The number of nitrogens with one attached hydrogen (secondary N) is 1. The number of fused-ring (bicyclic) bond motifs is 1. The lowest BCUT2D eigenvalue weighted by Gasteiger charge is -2.16. The first-order valence-corrected chi connectivity index (χ1v) is 8.01. The van der Waals surface area contributed by atoms with Gasteiger partial charge in [-0.3, -0.25) is 9.78 Å². The van der Waals surface area contributed by atoms with Gasteiger partial charge in [-0.2, -0.15) is 4.39 Å². The lowest BCUT2D eigenvalue weighted by Crippen LogP contribution is -2.29. The Morgan fingerprint density at radius 1 is 1.08 bits per heavy atom. The Hall–Kier alpha value is -3.54. The quantitative estimate of drug-likeness (QED) is 0.569. The van der Waals surface area contributed by atoms with Gasteiger partial charge in [0, 0.05) is 41.2 Å². The number of amides is 1. The van der Waals surface area contributed by atoms with Crippen LogP contribution in [0.3, 0.4) is 0 Å². The first kappa shape index (κ1) is 16.0. The summed E-state index contributed by atoms with van der Waals surface area (Å²) in [6, 6.07) is 15.1. The molecule has 3 aromatic heterocycles. The molecule has 5 nitrogen and oxygen atoms in total. The molecule has 0 radical (unpaired) electrons. The van der Waals surface area contributed by atoms with Crippen LogP contribution in [0.5, 0.6) is 0 Å². The fourth-order valence-corrected chi connectivity index (χ4v) is 2.77. The number of furan rings is 1. The molecule has 1 atom stereocenters. The maximum absolute atomic E-state index is 13.3. The highest BCUT2D eigenvalue weighted by Gasteiger charge is 2.22. The maximum atomic E-state index is 13.3. The Morgan fingerprint density at radius 3 is 2.73 bits per heavy atom. The van der Waals surface area contributed by atoms with Crippen molar-refractivity contribution in [3.05, 3.63) is 96.0 Å². The summed E-state index contributed by atoms with van der Waals surface area (Å²) in [5, 5.41) is 3.82. The predicted octanol–water partition coefficient (Wildman–Crippen LogP) is 3.88. The third kappa shape index (κ3) is 3.17. The zero-order chi connectivity index (χ0) is 17.9. The zero-order valence-corrected chi connectivity index (χ0v) is 13.6. The van der Waals surface area contributed by atoms with Gasteiger partial charge in [0.15, 0.2) is 0 Å². The van der Waals surface area contributed by atoms with E-state index < -0.39 is 17.9 Å². The average Bonchev–Trinajstić information content (AvgIpc) is 3.10. The maximum Gasteiger partial charge on any atom is 0.252 e. The van der Waals surface area contributed by atoms with Crippen LogP contribution in [0.4, 0.5) is 4.39 Å². The second-order valence-corrected chi connectivity index (χ2v) is 5.75. The number of hydrogen-bond donors (Lipinski definition) is 1. The van der Waals surface area contributed by atoms with E-state index in [4.69, 9.17) is 4.42 Å². The van der Waals surface area contributed by atoms with Gasteiger partial charge in [0.2, 0.25) is 5.95 Å². The van der Waals surface area contributed by atoms with E-state index in [-0.39, 0.29) is 5.56 Å². The lowest BCUT2D eigenvalue weighted by atomic mass is 10.1. The third-order valence-corrected chi connectivity index (χ3v) is 4.01. The van der Waals surface area contributed by atoms with Crippen LogP contribution < -0.4 is 5.32 Å². The predicted molar refractivity (Wildman–Crippen MR) is 94.0 cm³/mol. The first-order chi connectivity index (χ1) is 12.7. The molecule has 0 aliphatic heterocycles. The molecular formula is C20H14FN3O2. The smallest absolute Gasteiger partial charge is 0.252 e. The zero-order valence-electron chi connectivity index (χ0n) is 13.6. The second kappa shape index (κ2) is 6.76. The molecule has 1 N–H and O–H groups in total. The van der Waals surface area contributed by atoms with Crippen LogP contribution in [0.15, 0.2) is 77.6 Å². The van der Waals surface area contributed by atoms with Crippen molar-refractivity contribution in [2.75, 3.05) is 0 Å². The van der Waals surface area contributed by atoms with Crippen molar-refractivity contribution >= 4 is 16.9 Å². The SMILES string of the molecule is O=C(N[C@H](c1cccnc1)c1cc2ccccc2o1)c1ccnc(F)c1. The van der Waals surface area contributed by atoms with Crippen LogP contribution in [-0.2, 0) is 0 Å². The van der Waals surface area contributed by atoms with Crippen molar-refractivity contribution in [3.63, 3.8) is 0 Å². The van der Waals surface area contributed by atoms with Gasteiger partial charge in [0.1, 0.15) is 17.4 Å². The van der Waals surface area contributed by atoms with Gasteiger partial charge in [-0.25, -0.2) is 4.98 Å². The van der Waals surface area contributed by atoms with Gasteiger partial charge in [0.05, 0.1) is 0 Å². The van der Waals surface area contributed by atoms with Gasteiger partial charge >= 0.3 is 0 Å². The van der Waals surface area contributed by atoms with E-state index in [1.165, 1.54) is 12.3 Å². The summed E-state index contributed by atoms with van der Waals surface area (Å²) in [6.07, 6.45) is 4.56. The van der Waals surface area contributed by atoms with Crippen LogP contribution in [0.25, 0.3) is 11.0 Å². The molecule has 0 bridgehead atoms. The molecule has 0 aliphatic carbocycles. The summed E-state index contributed by atoms with van der Waals surface area (Å²) in [4.78, 5) is 20.2. The largest absolute Gasteiger partial charge is 0.459 e. The molecule has 128 valence electrons. The van der Waals surface area contributed by atoms with Crippen LogP contribution in [0.2, 0.25) is 0 Å². The molecule has 1 amide bonds. The van der Waals surface area contributed by atoms with Gasteiger partial charge in [0.25, 0.3) is 5.91 Å². The molecule has 0 unspecified atom stereocenters. The lowest BCUT2D eigenvalue weighted by molar-refractivity contribution is 0.0938. The first-order valence-electron chi connectivity index (χ1n) is 8.01. The molecule has 4 rings (SSSR count). The summed E-state index contributed by atoms with van der Waals surface area (Å²) in [5.74, 6) is -0.568. The van der Waals surface area contributed by atoms with Gasteiger partial charge in [-0.15, -0.1) is 0 Å². The Labute approximate surface area is 148 Å². The molecule has 1 aromatic carbocycles. The molecule has 26 heavy (non-hydrogen) atoms. The van der Waals surface area contributed by atoms with Crippen molar-refractivity contribution in [2.45, 2.75) is 6.04 Å². The van der Waals surface area contributed by atoms with E-state index in [1.54, 1.807) is 18.5 Å². The molecular weight excluding hydrogens is 333 g/mol. The van der Waals surface area contributed by atoms with Crippen LogP contribution in [0.1, 0.15) is 27.7 Å². The number of hydrogen-bond acceptors (Lipinski definition) is 4. The minimum Gasteiger partial charge on any atom is -0.459 e. The number of benzene rings is 1. The summed E-state index contributed by atoms with van der Waals surface area (Å²) in [5.41, 5.74) is 1.66. The highest BCUT2D eigenvalue weighted by Crippen LogP contribution is 2.28. The summed E-state index contributed by atoms with van der Waals surface area (Å²) in [6.45, 7) is 0. The number of carbonyl (C=O) groups is 1. The van der Waals surface area contributed by atoms with Crippen LogP contribution >= 0.6 is 0 Å². The number of rotatable bonds is 4. The number of halogens is 1. The second-order valence-electron chi connectivity index (χ2n) is 5.75. The summed E-state index contributed by atoms with van der Waals surface area (Å²) in [7, 11) is 0. The van der Waals surface area contributed by atoms with E-state index in [1.807, 2.05) is 36.4 Å². The minimum atomic E-state index is -0.709. The fraction of sp³-hybridized carbons (Fsp3) is 0.0500. The Bertz CT molecular complexity index is 1030. The van der Waals surface area contributed by atoms with E-state index >= 15 is 0 Å². The third-order valence-electron chi connectivity index (χ3n) is 4.01. The van der Waals surface area contributed by atoms with Gasteiger partial charge in [-0.1, -0.05) is 24.3 Å². The topological polar surface area (TPSA) is 68.0 Å². The van der Waals surface area contributed by atoms with E-state index in [0.29, 0.717) is 5.76 Å². The Kier molecular flexibility index (Phi) is 4.15. The number of aromatic nitrogens is 2. The standard InChI is InChI=1S/C20H14FN3O2/c21-18-11-14(7-9-23-18)20(25)24-19(15-5-3-8-22-12-15)17-10-13-4-1-2-6-16(13)26-17/h1-12,19H,(H,24,25)/t19-/m1/s1.